The van der Waals surface area contributed by atoms with Gasteiger partial charge in [-0.1, -0.05) is 31.2 Å². The van der Waals surface area contributed by atoms with E-state index in [2.05, 4.69) is 10.6 Å². The van der Waals surface area contributed by atoms with E-state index in [4.69, 9.17) is 10.5 Å². The Bertz CT molecular complexity index is 744. The van der Waals surface area contributed by atoms with E-state index in [1.54, 1.807) is 25.3 Å². The van der Waals surface area contributed by atoms with Gasteiger partial charge in [0.2, 0.25) is 5.91 Å². The lowest BCUT2D eigenvalue weighted by Gasteiger charge is -2.18. The molecular formula is C20H25N3O3. The van der Waals surface area contributed by atoms with Gasteiger partial charge in [-0.05, 0) is 48.2 Å². The van der Waals surface area contributed by atoms with E-state index < -0.39 is 5.91 Å². The van der Waals surface area contributed by atoms with Crippen LogP contribution in [0.5, 0.6) is 5.75 Å². The summed E-state index contributed by atoms with van der Waals surface area (Å²) < 4.78 is 5.15. The molecule has 6 heteroatoms. The third kappa shape index (κ3) is 5.51. The van der Waals surface area contributed by atoms with Crippen LogP contribution >= 0.6 is 0 Å². The van der Waals surface area contributed by atoms with E-state index in [1.165, 1.54) is 0 Å². The molecule has 0 radical (unpaired) electrons. The maximum atomic E-state index is 12.2. The Kier molecular flexibility index (Phi) is 7.02. The zero-order valence-corrected chi connectivity index (χ0v) is 15.1. The van der Waals surface area contributed by atoms with E-state index in [0.29, 0.717) is 18.5 Å². The van der Waals surface area contributed by atoms with Gasteiger partial charge in [0.25, 0.3) is 0 Å². The van der Waals surface area contributed by atoms with E-state index in [0.717, 1.165) is 23.3 Å². The van der Waals surface area contributed by atoms with Gasteiger partial charge in [-0.2, -0.15) is 0 Å². The van der Waals surface area contributed by atoms with Crippen LogP contribution in [0.4, 0.5) is 4.79 Å². The van der Waals surface area contributed by atoms with Gasteiger partial charge in [0.05, 0.1) is 13.2 Å². The number of nitrogens with one attached hydrogen (secondary N) is 2. The van der Waals surface area contributed by atoms with Crippen LogP contribution in [-0.4, -0.2) is 25.6 Å². The zero-order chi connectivity index (χ0) is 18.9. The number of carbonyl (C=O) groups excluding carboxylic acids is 2. The van der Waals surface area contributed by atoms with E-state index >= 15 is 0 Å². The molecule has 1 atom stereocenters. The second-order valence-electron chi connectivity index (χ2n) is 5.95. The minimum absolute atomic E-state index is 0.0703. The van der Waals surface area contributed by atoms with Crippen LogP contribution in [0.1, 0.15) is 40.9 Å². The van der Waals surface area contributed by atoms with Crippen molar-refractivity contribution in [3.63, 3.8) is 0 Å². The van der Waals surface area contributed by atoms with Gasteiger partial charge in [-0.3, -0.25) is 4.79 Å². The molecule has 4 N–H and O–H groups in total. The molecule has 26 heavy (non-hydrogen) atoms. The Balaban J connectivity index is 1.84. The van der Waals surface area contributed by atoms with Gasteiger partial charge in [0, 0.05) is 12.1 Å². The van der Waals surface area contributed by atoms with Crippen LogP contribution in [0.3, 0.4) is 0 Å². The highest BCUT2D eigenvalue weighted by Crippen LogP contribution is 2.19. The summed E-state index contributed by atoms with van der Waals surface area (Å²) in [7, 11) is 1.62. The topological polar surface area (TPSA) is 93.5 Å². The molecule has 0 heterocycles. The first kappa shape index (κ1) is 19.3. The van der Waals surface area contributed by atoms with Crippen molar-refractivity contribution < 1.29 is 14.3 Å². The molecular weight excluding hydrogens is 330 g/mol. The molecule has 0 spiro atoms. The molecule has 2 rings (SSSR count). The summed E-state index contributed by atoms with van der Waals surface area (Å²) in [5.41, 5.74) is 7.72. The fourth-order valence-corrected chi connectivity index (χ4v) is 2.67. The molecule has 0 saturated heterocycles. The molecule has 0 saturated carbocycles. The summed E-state index contributed by atoms with van der Waals surface area (Å²) in [6.07, 6.45) is 1.40. The highest BCUT2D eigenvalue weighted by Gasteiger charge is 2.12. The van der Waals surface area contributed by atoms with Crippen LogP contribution < -0.4 is 21.1 Å². The monoisotopic (exact) mass is 355 g/mol. The number of ether oxygens (including phenoxy) is 1. The lowest BCUT2D eigenvalue weighted by molar-refractivity contribution is 0.1000. The lowest BCUT2D eigenvalue weighted by atomic mass is 10.0. The smallest absolute Gasteiger partial charge is 0.315 e. The second-order valence-corrected chi connectivity index (χ2v) is 5.95. The number of amides is 3. The van der Waals surface area contributed by atoms with Crippen molar-refractivity contribution >= 4 is 11.9 Å². The summed E-state index contributed by atoms with van der Waals surface area (Å²) >= 11 is 0. The van der Waals surface area contributed by atoms with E-state index in [9.17, 15) is 9.59 Å². The summed E-state index contributed by atoms with van der Waals surface area (Å²) in [5, 5.41) is 5.82. The summed E-state index contributed by atoms with van der Waals surface area (Å²) in [5.74, 6) is 0.328. The molecule has 0 aromatic heterocycles. The minimum atomic E-state index is -0.456. The van der Waals surface area contributed by atoms with Crippen LogP contribution in [0, 0.1) is 0 Å². The Morgan fingerprint density at radius 3 is 2.50 bits per heavy atom. The molecule has 6 nitrogen and oxygen atoms in total. The number of primary amides is 1. The Morgan fingerprint density at radius 1 is 1.15 bits per heavy atom. The van der Waals surface area contributed by atoms with Crippen molar-refractivity contribution in [3.8, 4) is 5.75 Å². The molecule has 3 amide bonds. The highest BCUT2D eigenvalue weighted by molar-refractivity contribution is 5.92. The standard InChI is InChI=1S/C20H25N3O3/c1-3-18(15-7-9-17(26-2)10-8-15)23-20(25)22-12-11-14-5-4-6-16(13-14)19(21)24/h4-10,13,18H,3,11-12H2,1-2H3,(H2,21,24)(H2,22,23,25). The Labute approximate surface area is 153 Å². The largest absolute Gasteiger partial charge is 0.497 e. The fraction of sp³-hybridized carbons (Fsp3) is 0.300. The van der Waals surface area contributed by atoms with Crippen molar-refractivity contribution in [1.82, 2.24) is 10.6 Å². The summed E-state index contributed by atoms with van der Waals surface area (Å²) in [4.78, 5) is 23.4. The molecule has 0 bridgehead atoms. The molecule has 0 aliphatic heterocycles. The number of rotatable bonds is 8. The van der Waals surface area contributed by atoms with Crippen LogP contribution in [0.25, 0.3) is 0 Å². The van der Waals surface area contributed by atoms with Crippen molar-refractivity contribution in [2.24, 2.45) is 5.73 Å². The van der Waals surface area contributed by atoms with Crippen LogP contribution in [0.15, 0.2) is 48.5 Å². The van der Waals surface area contributed by atoms with Gasteiger partial charge < -0.3 is 21.1 Å². The normalized spacial score (nSPS) is 11.5. The van der Waals surface area contributed by atoms with Gasteiger partial charge in [-0.25, -0.2) is 4.79 Å². The quantitative estimate of drug-likeness (QED) is 0.680. The molecule has 138 valence electrons. The molecule has 2 aromatic carbocycles. The SMILES string of the molecule is CCC(NC(=O)NCCc1cccc(C(N)=O)c1)c1ccc(OC)cc1. The minimum Gasteiger partial charge on any atom is -0.497 e. The van der Waals surface area contributed by atoms with Gasteiger partial charge >= 0.3 is 6.03 Å². The van der Waals surface area contributed by atoms with Crippen LogP contribution in [-0.2, 0) is 6.42 Å². The average Bonchev–Trinajstić information content (AvgIpc) is 2.66. The zero-order valence-electron chi connectivity index (χ0n) is 15.1. The lowest BCUT2D eigenvalue weighted by Crippen LogP contribution is -2.38. The summed E-state index contributed by atoms with van der Waals surface area (Å²) in [6.45, 7) is 2.48. The number of urea groups is 1. The molecule has 1 unspecified atom stereocenters. The fourth-order valence-electron chi connectivity index (χ4n) is 2.67. The van der Waals surface area contributed by atoms with Crippen molar-refractivity contribution in [2.45, 2.75) is 25.8 Å². The number of hydrogen-bond acceptors (Lipinski definition) is 3. The number of methoxy groups -OCH3 is 1. The number of hydrogen-bond donors (Lipinski definition) is 3. The van der Waals surface area contributed by atoms with Crippen molar-refractivity contribution in [1.29, 1.82) is 0 Å². The van der Waals surface area contributed by atoms with Gasteiger partial charge in [-0.15, -0.1) is 0 Å². The molecule has 2 aromatic rings. The predicted octanol–water partition coefficient (Wildman–Crippen LogP) is 2.79. The first-order valence-electron chi connectivity index (χ1n) is 8.60. The van der Waals surface area contributed by atoms with E-state index in [1.807, 2.05) is 37.3 Å². The van der Waals surface area contributed by atoms with Crippen LogP contribution in [0.2, 0.25) is 0 Å². The third-order valence-electron chi connectivity index (χ3n) is 4.14. The maximum absolute atomic E-state index is 12.2. The number of nitrogens with two attached hydrogens (primary N) is 1. The average molecular weight is 355 g/mol. The maximum Gasteiger partial charge on any atom is 0.315 e. The van der Waals surface area contributed by atoms with E-state index in [-0.39, 0.29) is 12.1 Å². The summed E-state index contributed by atoms with van der Waals surface area (Å²) in [6, 6.07) is 14.5. The Morgan fingerprint density at radius 2 is 1.88 bits per heavy atom. The molecule has 0 fully saturated rings. The Hall–Kier alpha value is -3.02. The number of carbonyl (C=O) groups is 2. The van der Waals surface area contributed by atoms with Gasteiger partial charge in [0.15, 0.2) is 0 Å². The first-order chi connectivity index (χ1) is 12.5. The second kappa shape index (κ2) is 9.46. The molecule has 0 aliphatic rings. The molecule has 0 aliphatic carbocycles. The highest BCUT2D eigenvalue weighted by atomic mass is 16.5. The predicted molar refractivity (Wildman–Crippen MR) is 101 cm³/mol. The van der Waals surface area contributed by atoms with Gasteiger partial charge in [0.1, 0.15) is 5.75 Å². The number of benzene rings is 2. The first-order valence-corrected chi connectivity index (χ1v) is 8.60. The van der Waals surface area contributed by atoms with Crippen molar-refractivity contribution in [2.75, 3.05) is 13.7 Å². The van der Waals surface area contributed by atoms with Crippen molar-refractivity contribution in [3.05, 3.63) is 65.2 Å². The third-order valence-corrected chi connectivity index (χ3v) is 4.14.